The quantitative estimate of drug-likeness (QED) is 0.900. The minimum absolute atomic E-state index is 0.271. The topological polar surface area (TPSA) is 38.5 Å². The molecule has 0 amide bonds. The van der Waals surface area contributed by atoms with Crippen LogP contribution in [0.1, 0.15) is 43.7 Å². The number of methoxy groups -OCH3 is 1. The van der Waals surface area contributed by atoms with Gasteiger partial charge in [-0.05, 0) is 51.0 Å². The molecule has 1 aliphatic heterocycles. The molecule has 1 heterocycles. The van der Waals surface area contributed by atoms with E-state index in [0.717, 1.165) is 26.1 Å². The maximum atomic E-state index is 13.9. The number of benzene rings is 1. The van der Waals surface area contributed by atoms with Crippen molar-refractivity contribution in [1.29, 1.82) is 0 Å². The molecule has 0 aromatic heterocycles. The Kier molecular flexibility index (Phi) is 5.80. The Morgan fingerprint density at radius 3 is 2.60 bits per heavy atom. The van der Waals surface area contributed by atoms with Crippen LogP contribution < -0.4 is 10.5 Å². The average Bonchev–Trinajstić information content (AvgIpc) is 2.73. The van der Waals surface area contributed by atoms with Crippen LogP contribution in [0.2, 0.25) is 0 Å². The van der Waals surface area contributed by atoms with Gasteiger partial charge in [-0.25, -0.2) is 4.39 Å². The number of hydrogen-bond donors (Lipinski definition) is 1. The summed E-state index contributed by atoms with van der Waals surface area (Å²) in [5.74, 6) is 0.279. The van der Waals surface area contributed by atoms with Gasteiger partial charge in [0.05, 0.1) is 7.11 Å². The zero-order valence-electron chi connectivity index (χ0n) is 12.3. The second kappa shape index (κ2) is 7.60. The van der Waals surface area contributed by atoms with Crippen LogP contribution in [0.25, 0.3) is 0 Å². The molecule has 2 N–H and O–H groups in total. The minimum Gasteiger partial charge on any atom is -0.496 e. The summed E-state index contributed by atoms with van der Waals surface area (Å²) in [5, 5.41) is 0. The van der Waals surface area contributed by atoms with Crippen LogP contribution in [0.4, 0.5) is 4.39 Å². The van der Waals surface area contributed by atoms with Crippen molar-refractivity contribution in [2.24, 2.45) is 5.73 Å². The highest BCUT2D eigenvalue weighted by atomic mass is 19.1. The van der Waals surface area contributed by atoms with E-state index in [1.54, 1.807) is 19.2 Å². The van der Waals surface area contributed by atoms with E-state index in [9.17, 15) is 4.39 Å². The molecule has 2 rings (SSSR count). The third-order valence-electron chi connectivity index (χ3n) is 4.06. The van der Waals surface area contributed by atoms with Crippen LogP contribution in [0.3, 0.4) is 0 Å². The Balaban J connectivity index is 1.95. The average molecular weight is 280 g/mol. The summed E-state index contributed by atoms with van der Waals surface area (Å²) in [5.41, 5.74) is 6.69. The summed E-state index contributed by atoms with van der Waals surface area (Å²) in [7, 11) is 1.56. The van der Waals surface area contributed by atoms with Crippen LogP contribution >= 0.6 is 0 Å². The lowest BCUT2D eigenvalue weighted by Crippen LogP contribution is -2.28. The molecule has 1 atom stereocenters. The maximum Gasteiger partial charge on any atom is 0.131 e. The van der Waals surface area contributed by atoms with E-state index in [1.807, 2.05) is 0 Å². The molecule has 0 aliphatic carbocycles. The molecule has 1 fully saturated rings. The van der Waals surface area contributed by atoms with E-state index < -0.39 is 0 Å². The normalized spacial score (nSPS) is 18.6. The number of likely N-dealkylation sites (tertiary alicyclic amines) is 1. The SMILES string of the molecule is COc1cccc(F)c1C(N)CCN1CCCCCC1. The Labute approximate surface area is 120 Å². The lowest BCUT2D eigenvalue weighted by Gasteiger charge is -2.23. The van der Waals surface area contributed by atoms with E-state index in [1.165, 1.54) is 31.7 Å². The predicted molar refractivity (Wildman–Crippen MR) is 79.4 cm³/mol. The molecule has 3 nitrogen and oxygen atoms in total. The summed E-state index contributed by atoms with van der Waals surface area (Å²) in [4.78, 5) is 2.44. The van der Waals surface area contributed by atoms with Gasteiger partial charge in [-0.1, -0.05) is 18.9 Å². The van der Waals surface area contributed by atoms with Gasteiger partial charge in [0.1, 0.15) is 11.6 Å². The Bertz CT molecular complexity index is 417. The monoisotopic (exact) mass is 280 g/mol. The molecule has 0 spiro atoms. The molecule has 112 valence electrons. The number of nitrogens with zero attached hydrogens (tertiary/aromatic N) is 1. The lowest BCUT2D eigenvalue weighted by atomic mass is 10.0. The number of ether oxygens (including phenoxy) is 1. The molecular weight excluding hydrogens is 255 g/mol. The molecule has 0 bridgehead atoms. The largest absolute Gasteiger partial charge is 0.496 e. The Morgan fingerprint density at radius 2 is 1.95 bits per heavy atom. The van der Waals surface area contributed by atoms with Crippen molar-refractivity contribution in [1.82, 2.24) is 4.90 Å². The van der Waals surface area contributed by atoms with Gasteiger partial charge in [-0.3, -0.25) is 0 Å². The molecular formula is C16H25FN2O. The number of nitrogens with two attached hydrogens (primary N) is 1. The van der Waals surface area contributed by atoms with Crippen molar-refractivity contribution in [2.45, 2.75) is 38.1 Å². The number of halogens is 1. The summed E-state index contributed by atoms with van der Waals surface area (Å²) in [6.45, 7) is 3.21. The first kappa shape index (κ1) is 15.3. The highest BCUT2D eigenvalue weighted by Crippen LogP contribution is 2.28. The van der Waals surface area contributed by atoms with Crippen LogP contribution in [0, 0.1) is 5.82 Å². The number of hydrogen-bond acceptors (Lipinski definition) is 3. The summed E-state index contributed by atoms with van der Waals surface area (Å²) >= 11 is 0. The summed E-state index contributed by atoms with van der Waals surface area (Å²) in [6, 6.07) is 4.56. The van der Waals surface area contributed by atoms with Crippen molar-refractivity contribution in [3.8, 4) is 5.75 Å². The third-order valence-corrected chi connectivity index (χ3v) is 4.06. The molecule has 0 radical (unpaired) electrons. The second-order valence-corrected chi connectivity index (χ2v) is 5.51. The van der Waals surface area contributed by atoms with Crippen molar-refractivity contribution in [2.75, 3.05) is 26.7 Å². The van der Waals surface area contributed by atoms with E-state index in [2.05, 4.69) is 4.90 Å². The molecule has 1 aromatic rings. The lowest BCUT2D eigenvalue weighted by molar-refractivity contribution is 0.271. The van der Waals surface area contributed by atoms with E-state index in [0.29, 0.717) is 11.3 Å². The van der Waals surface area contributed by atoms with Gasteiger partial charge in [-0.15, -0.1) is 0 Å². The molecule has 0 saturated carbocycles. The van der Waals surface area contributed by atoms with E-state index >= 15 is 0 Å². The van der Waals surface area contributed by atoms with Crippen molar-refractivity contribution < 1.29 is 9.13 Å². The van der Waals surface area contributed by atoms with Gasteiger partial charge < -0.3 is 15.4 Å². The smallest absolute Gasteiger partial charge is 0.131 e. The van der Waals surface area contributed by atoms with Crippen LogP contribution in [0.15, 0.2) is 18.2 Å². The highest BCUT2D eigenvalue weighted by Gasteiger charge is 2.18. The fourth-order valence-corrected chi connectivity index (χ4v) is 2.88. The molecule has 1 unspecified atom stereocenters. The number of rotatable bonds is 5. The standard InChI is InChI=1S/C16H25FN2O/c1-20-15-8-6-7-13(17)16(15)14(18)9-12-19-10-4-2-3-5-11-19/h6-8,14H,2-5,9-12,18H2,1H3. The van der Waals surface area contributed by atoms with Crippen LogP contribution in [0.5, 0.6) is 5.75 Å². The van der Waals surface area contributed by atoms with Gasteiger partial charge >= 0.3 is 0 Å². The van der Waals surface area contributed by atoms with Crippen molar-refractivity contribution in [3.05, 3.63) is 29.6 Å². The predicted octanol–water partition coefficient (Wildman–Crippen LogP) is 3.10. The zero-order chi connectivity index (χ0) is 14.4. The van der Waals surface area contributed by atoms with Crippen molar-refractivity contribution >= 4 is 0 Å². The first-order chi connectivity index (χ1) is 9.72. The van der Waals surface area contributed by atoms with E-state index in [-0.39, 0.29) is 11.9 Å². The summed E-state index contributed by atoms with van der Waals surface area (Å²) < 4.78 is 19.2. The van der Waals surface area contributed by atoms with Gasteiger partial charge in [0.2, 0.25) is 0 Å². The Morgan fingerprint density at radius 1 is 1.25 bits per heavy atom. The first-order valence-corrected chi connectivity index (χ1v) is 7.52. The molecule has 1 saturated heterocycles. The van der Waals surface area contributed by atoms with Gasteiger partial charge in [0.25, 0.3) is 0 Å². The Hall–Kier alpha value is -1.13. The zero-order valence-corrected chi connectivity index (χ0v) is 12.3. The van der Waals surface area contributed by atoms with Crippen molar-refractivity contribution in [3.63, 3.8) is 0 Å². The molecule has 4 heteroatoms. The first-order valence-electron chi connectivity index (χ1n) is 7.52. The molecule has 1 aliphatic rings. The third kappa shape index (κ3) is 3.93. The van der Waals surface area contributed by atoms with Gasteiger partial charge in [-0.2, -0.15) is 0 Å². The highest BCUT2D eigenvalue weighted by molar-refractivity contribution is 5.37. The van der Waals surface area contributed by atoms with Crippen LogP contribution in [-0.4, -0.2) is 31.6 Å². The fraction of sp³-hybridized carbons (Fsp3) is 0.625. The van der Waals surface area contributed by atoms with Gasteiger partial charge in [0.15, 0.2) is 0 Å². The summed E-state index contributed by atoms with van der Waals surface area (Å²) in [6.07, 6.45) is 5.93. The van der Waals surface area contributed by atoms with Crippen LogP contribution in [-0.2, 0) is 0 Å². The van der Waals surface area contributed by atoms with Gasteiger partial charge in [0, 0.05) is 11.6 Å². The van der Waals surface area contributed by atoms with E-state index in [4.69, 9.17) is 10.5 Å². The maximum absolute atomic E-state index is 13.9. The second-order valence-electron chi connectivity index (χ2n) is 5.51. The molecule has 20 heavy (non-hydrogen) atoms. The fourth-order valence-electron chi connectivity index (χ4n) is 2.88. The minimum atomic E-state index is -0.311. The molecule has 1 aromatic carbocycles.